The molecule has 2 aliphatic carbocycles. The average Bonchev–Trinajstić information content (AvgIpc) is 3.06. The van der Waals surface area contributed by atoms with Crippen LogP contribution in [0.1, 0.15) is 49.0 Å². The molecule has 2 aliphatic rings. The summed E-state index contributed by atoms with van der Waals surface area (Å²) in [6.45, 7) is 5.57. The standard InChI is InChI=1S/C22H25N3O5/c1-4-29-19(26)12-30-25-20-17-11-16(24-13(2)5-6-14(24)3)9-7-15(17)8-10-18(20)23-21(27)22(25)28/h5-6,11H,4,7-10,12H2,1-3H3,(H,23,27). The Hall–Kier alpha value is -3.29. The van der Waals surface area contributed by atoms with Crippen molar-refractivity contribution in [1.29, 1.82) is 0 Å². The minimum atomic E-state index is -0.847. The number of aromatic amines is 1. The van der Waals surface area contributed by atoms with Gasteiger partial charge in [0.05, 0.1) is 6.61 Å². The molecule has 158 valence electrons. The van der Waals surface area contributed by atoms with Crippen LogP contribution in [0.3, 0.4) is 0 Å². The maximum absolute atomic E-state index is 12.6. The van der Waals surface area contributed by atoms with Gasteiger partial charge in [0.25, 0.3) is 0 Å². The second-order valence-corrected chi connectivity index (χ2v) is 7.56. The van der Waals surface area contributed by atoms with Crippen LogP contribution < -0.4 is 16.0 Å². The Balaban J connectivity index is 1.83. The van der Waals surface area contributed by atoms with Crippen molar-refractivity contribution in [3.05, 3.63) is 67.3 Å². The van der Waals surface area contributed by atoms with Gasteiger partial charge >= 0.3 is 17.1 Å². The molecule has 2 aromatic rings. The molecule has 8 heteroatoms. The minimum absolute atomic E-state index is 0.210. The molecule has 30 heavy (non-hydrogen) atoms. The van der Waals surface area contributed by atoms with Crippen molar-refractivity contribution in [2.24, 2.45) is 0 Å². The summed E-state index contributed by atoms with van der Waals surface area (Å²) in [6.07, 6.45) is 5.24. The third-order valence-corrected chi connectivity index (χ3v) is 5.61. The van der Waals surface area contributed by atoms with Crippen LogP contribution in [-0.2, 0) is 16.0 Å². The number of nitrogens with one attached hydrogen (secondary N) is 1. The number of hydrogen-bond donors (Lipinski definition) is 1. The largest absolute Gasteiger partial charge is 0.463 e. The number of aryl methyl sites for hydroxylation is 3. The lowest BCUT2D eigenvalue weighted by Gasteiger charge is -2.28. The minimum Gasteiger partial charge on any atom is -0.463 e. The molecule has 4 rings (SSSR count). The van der Waals surface area contributed by atoms with Crippen molar-refractivity contribution >= 4 is 17.2 Å². The van der Waals surface area contributed by atoms with Crippen LogP contribution in [0, 0.1) is 13.8 Å². The van der Waals surface area contributed by atoms with E-state index in [2.05, 4.69) is 41.6 Å². The zero-order chi connectivity index (χ0) is 21.4. The first kappa shape index (κ1) is 20.0. The maximum atomic E-state index is 12.6. The number of H-pyrrole nitrogens is 1. The van der Waals surface area contributed by atoms with Crippen molar-refractivity contribution in [2.45, 2.75) is 46.5 Å². The predicted molar refractivity (Wildman–Crippen MR) is 112 cm³/mol. The number of esters is 1. The summed E-state index contributed by atoms with van der Waals surface area (Å²) < 4.78 is 8.05. The Kier molecular flexibility index (Phi) is 5.24. The van der Waals surface area contributed by atoms with Gasteiger partial charge in [-0.05, 0) is 64.7 Å². The van der Waals surface area contributed by atoms with E-state index in [1.54, 1.807) is 6.92 Å². The fourth-order valence-electron chi connectivity index (χ4n) is 4.29. The lowest BCUT2D eigenvalue weighted by atomic mass is 9.84. The lowest BCUT2D eigenvalue weighted by Crippen LogP contribution is -2.44. The van der Waals surface area contributed by atoms with E-state index in [1.807, 2.05) is 0 Å². The first-order valence-corrected chi connectivity index (χ1v) is 10.2. The smallest absolute Gasteiger partial charge is 0.349 e. The van der Waals surface area contributed by atoms with Crippen molar-refractivity contribution < 1.29 is 14.4 Å². The number of rotatable bonds is 5. The summed E-state index contributed by atoms with van der Waals surface area (Å²) in [5.41, 5.74) is 5.03. The number of hydrogen-bond acceptors (Lipinski definition) is 5. The van der Waals surface area contributed by atoms with Crippen LogP contribution in [0.4, 0.5) is 0 Å². The predicted octanol–water partition coefficient (Wildman–Crippen LogP) is 1.98. The van der Waals surface area contributed by atoms with Gasteiger partial charge < -0.3 is 19.1 Å². The van der Waals surface area contributed by atoms with E-state index in [0.29, 0.717) is 17.8 Å². The summed E-state index contributed by atoms with van der Waals surface area (Å²) in [7, 11) is 0. The Morgan fingerprint density at radius 2 is 1.80 bits per heavy atom. The van der Waals surface area contributed by atoms with Gasteiger partial charge in [-0.1, -0.05) is 5.57 Å². The lowest BCUT2D eigenvalue weighted by molar-refractivity contribution is -0.148. The fourth-order valence-corrected chi connectivity index (χ4v) is 4.29. The van der Waals surface area contributed by atoms with Gasteiger partial charge in [0.15, 0.2) is 0 Å². The first-order valence-electron chi connectivity index (χ1n) is 10.2. The molecular formula is C22H25N3O5. The normalized spacial score (nSPS) is 15.4. The Bertz CT molecular complexity index is 1170. The molecule has 0 saturated heterocycles. The van der Waals surface area contributed by atoms with Crippen LogP contribution >= 0.6 is 0 Å². The van der Waals surface area contributed by atoms with E-state index in [1.165, 1.54) is 5.57 Å². The molecule has 2 heterocycles. The van der Waals surface area contributed by atoms with Crippen molar-refractivity contribution in [3.8, 4) is 0 Å². The van der Waals surface area contributed by atoms with E-state index in [-0.39, 0.29) is 6.61 Å². The third-order valence-electron chi connectivity index (χ3n) is 5.61. The highest BCUT2D eigenvalue weighted by molar-refractivity contribution is 5.84. The zero-order valence-electron chi connectivity index (χ0n) is 17.4. The van der Waals surface area contributed by atoms with Gasteiger partial charge in [-0.2, -0.15) is 0 Å². The van der Waals surface area contributed by atoms with Crippen LogP contribution in [0.25, 0.3) is 11.3 Å². The van der Waals surface area contributed by atoms with Crippen molar-refractivity contribution in [1.82, 2.24) is 14.3 Å². The molecule has 0 amide bonds. The summed E-state index contributed by atoms with van der Waals surface area (Å²) >= 11 is 0. The van der Waals surface area contributed by atoms with E-state index in [9.17, 15) is 14.4 Å². The van der Waals surface area contributed by atoms with Crippen LogP contribution in [-0.4, -0.2) is 33.5 Å². The first-order chi connectivity index (χ1) is 14.4. The number of carbonyl (C=O) groups excluding carboxylic acids is 1. The van der Waals surface area contributed by atoms with Crippen molar-refractivity contribution in [2.75, 3.05) is 13.2 Å². The van der Waals surface area contributed by atoms with Gasteiger partial charge in [0.1, 0.15) is 5.69 Å². The molecule has 0 fully saturated rings. The average molecular weight is 411 g/mol. The molecule has 0 aliphatic heterocycles. The SMILES string of the molecule is CCOC(=O)COn1c2c([nH]c(=O)c1=O)CCC1=C2C=C(n2c(C)ccc2C)CC1. The van der Waals surface area contributed by atoms with E-state index in [0.717, 1.165) is 46.7 Å². The van der Waals surface area contributed by atoms with Crippen molar-refractivity contribution in [3.63, 3.8) is 0 Å². The number of fused-ring (bicyclic) bond motifs is 2. The van der Waals surface area contributed by atoms with E-state index >= 15 is 0 Å². The molecule has 0 unspecified atom stereocenters. The fraction of sp³-hybridized carbons (Fsp3) is 0.409. The molecular weight excluding hydrogens is 386 g/mol. The third kappa shape index (κ3) is 3.42. The highest BCUT2D eigenvalue weighted by Crippen LogP contribution is 2.39. The summed E-state index contributed by atoms with van der Waals surface area (Å²) in [5, 5.41) is 0. The summed E-state index contributed by atoms with van der Waals surface area (Å²) in [4.78, 5) is 44.7. The van der Waals surface area contributed by atoms with Gasteiger partial charge in [-0.25, -0.2) is 4.79 Å². The molecule has 2 aromatic heterocycles. The molecule has 8 nitrogen and oxygen atoms in total. The molecule has 0 bridgehead atoms. The van der Waals surface area contributed by atoms with Crippen LogP contribution in [0.2, 0.25) is 0 Å². The molecule has 0 aromatic carbocycles. The maximum Gasteiger partial charge on any atom is 0.349 e. The van der Waals surface area contributed by atoms with Gasteiger partial charge in [-0.3, -0.25) is 9.59 Å². The number of ether oxygens (including phenoxy) is 1. The molecule has 1 N–H and O–H groups in total. The van der Waals surface area contributed by atoms with E-state index < -0.39 is 23.7 Å². The van der Waals surface area contributed by atoms with Gasteiger partial charge in [-0.15, -0.1) is 4.73 Å². The topological polar surface area (TPSA) is 95.3 Å². The number of aromatic nitrogens is 3. The quantitative estimate of drug-likeness (QED) is 0.600. The molecule has 0 spiro atoms. The summed E-state index contributed by atoms with van der Waals surface area (Å²) in [6, 6.07) is 4.15. The molecule has 0 saturated carbocycles. The molecule has 0 atom stereocenters. The number of allylic oxidation sites excluding steroid dienone is 4. The molecule has 0 radical (unpaired) electrons. The Morgan fingerprint density at radius 1 is 1.10 bits per heavy atom. The number of carbonyl (C=O) groups is 1. The Labute approximate surface area is 173 Å². The zero-order valence-corrected chi connectivity index (χ0v) is 17.4. The van der Waals surface area contributed by atoms with Gasteiger partial charge in [0, 0.05) is 28.4 Å². The highest BCUT2D eigenvalue weighted by atomic mass is 16.7. The highest BCUT2D eigenvalue weighted by Gasteiger charge is 2.28. The second kappa shape index (κ2) is 7.85. The monoisotopic (exact) mass is 411 g/mol. The van der Waals surface area contributed by atoms with Gasteiger partial charge in [0.2, 0.25) is 6.61 Å². The summed E-state index contributed by atoms with van der Waals surface area (Å²) in [5.74, 6) is -0.595. The Morgan fingerprint density at radius 3 is 2.50 bits per heavy atom. The second-order valence-electron chi connectivity index (χ2n) is 7.56. The van der Waals surface area contributed by atoms with Crippen LogP contribution in [0.15, 0.2) is 33.4 Å². The number of nitrogens with zero attached hydrogens (tertiary/aromatic N) is 2. The van der Waals surface area contributed by atoms with Crippen LogP contribution in [0.5, 0.6) is 0 Å². The van der Waals surface area contributed by atoms with E-state index in [4.69, 9.17) is 9.57 Å².